The van der Waals surface area contributed by atoms with Gasteiger partial charge in [-0.1, -0.05) is 17.7 Å². The summed E-state index contributed by atoms with van der Waals surface area (Å²) in [7, 11) is -3.67. The summed E-state index contributed by atoms with van der Waals surface area (Å²) in [6.07, 6.45) is 0. The van der Waals surface area contributed by atoms with Crippen LogP contribution in [0.3, 0.4) is 0 Å². The first kappa shape index (κ1) is 20.9. The molecule has 2 heterocycles. The third kappa shape index (κ3) is 4.41. The van der Waals surface area contributed by atoms with Gasteiger partial charge in [0.2, 0.25) is 5.91 Å². The average Bonchev–Trinajstić information content (AvgIpc) is 3.18. The lowest BCUT2D eigenvalue weighted by Gasteiger charge is -2.36. The second-order valence-electron chi connectivity index (χ2n) is 7.64. The first-order valence-corrected chi connectivity index (χ1v) is 11.5. The minimum absolute atomic E-state index is 0.109. The number of piperazine rings is 1. The molecule has 1 saturated heterocycles. The van der Waals surface area contributed by atoms with E-state index in [9.17, 15) is 18.0 Å². The fourth-order valence-corrected chi connectivity index (χ4v) is 4.87. The summed E-state index contributed by atoms with van der Waals surface area (Å²) in [4.78, 5) is 27.8. The van der Waals surface area contributed by atoms with Crippen LogP contribution in [0.25, 0.3) is 11.0 Å². The van der Waals surface area contributed by atoms with Crippen molar-refractivity contribution in [2.24, 2.45) is 5.73 Å². The van der Waals surface area contributed by atoms with Crippen molar-refractivity contribution in [2.45, 2.75) is 11.8 Å². The second kappa shape index (κ2) is 8.07. The number of nitrogens with zero attached hydrogens (tertiary/aromatic N) is 2. The van der Waals surface area contributed by atoms with E-state index in [-0.39, 0.29) is 10.7 Å². The summed E-state index contributed by atoms with van der Waals surface area (Å²) in [5.41, 5.74) is 7.74. The molecule has 0 unspecified atom stereocenters. The number of carbonyl (C=O) groups excluding carboxylic acids is 2. The van der Waals surface area contributed by atoms with Crippen molar-refractivity contribution in [3.8, 4) is 0 Å². The van der Waals surface area contributed by atoms with Gasteiger partial charge in [-0.25, -0.2) is 8.42 Å². The number of hydrogen-bond donors (Lipinski definition) is 1. The minimum Gasteiger partial charge on any atom is -0.451 e. The number of sulfone groups is 1. The molecule has 1 aliphatic rings. The van der Waals surface area contributed by atoms with Gasteiger partial charge in [0.05, 0.1) is 4.90 Å². The van der Waals surface area contributed by atoms with Gasteiger partial charge < -0.3 is 20.0 Å². The molecule has 2 aromatic carbocycles. The first-order valence-electron chi connectivity index (χ1n) is 9.88. The molecule has 4 rings (SSSR count). The molecule has 0 atom stereocenters. The number of carbonyl (C=O) groups is 2. The van der Waals surface area contributed by atoms with Crippen LogP contribution >= 0.6 is 0 Å². The third-order valence-electron chi connectivity index (χ3n) is 5.43. The predicted molar refractivity (Wildman–Crippen MR) is 117 cm³/mol. The van der Waals surface area contributed by atoms with Crippen LogP contribution in [-0.2, 0) is 14.6 Å². The molecule has 1 aliphatic heterocycles. The lowest BCUT2D eigenvalue weighted by atomic mass is 10.2. The van der Waals surface area contributed by atoms with E-state index < -0.39 is 27.4 Å². The van der Waals surface area contributed by atoms with Crippen molar-refractivity contribution in [3.05, 3.63) is 59.9 Å². The topological polar surface area (TPSA) is 114 Å². The molecule has 9 heteroatoms. The van der Waals surface area contributed by atoms with Gasteiger partial charge in [0.15, 0.2) is 15.6 Å². The van der Waals surface area contributed by atoms with Gasteiger partial charge in [0.25, 0.3) is 5.91 Å². The highest BCUT2D eigenvalue weighted by molar-refractivity contribution is 7.92. The van der Waals surface area contributed by atoms with Gasteiger partial charge in [-0.3, -0.25) is 9.59 Å². The van der Waals surface area contributed by atoms with Gasteiger partial charge >= 0.3 is 0 Å². The zero-order valence-electron chi connectivity index (χ0n) is 17.1. The van der Waals surface area contributed by atoms with E-state index in [2.05, 4.69) is 4.90 Å². The van der Waals surface area contributed by atoms with Crippen LogP contribution in [0, 0.1) is 6.92 Å². The maximum absolute atomic E-state index is 12.6. The van der Waals surface area contributed by atoms with E-state index in [0.29, 0.717) is 31.8 Å². The van der Waals surface area contributed by atoms with Crippen LogP contribution in [0.15, 0.2) is 57.8 Å². The quantitative estimate of drug-likeness (QED) is 0.647. The normalized spacial score (nSPS) is 14.7. The number of furan rings is 1. The maximum Gasteiger partial charge on any atom is 0.284 e. The number of nitrogens with two attached hydrogens (primary N) is 1. The standard InChI is InChI=1S/C22H23N3O5S/c1-15-2-5-18(6-3-15)31(28,29)14-21(26)25-10-8-24(9-11-25)17-4-7-19-16(12-17)13-20(30-19)22(23)27/h2-7,12-13H,8-11,14H2,1H3,(H2,23,27). The summed E-state index contributed by atoms with van der Waals surface area (Å²) >= 11 is 0. The van der Waals surface area contributed by atoms with Gasteiger partial charge in [0, 0.05) is 37.3 Å². The molecule has 0 spiro atoms. The number of fused-ring (bicyclic) bond motifs is 1. The monoisotopic (exact) mass is 441 g/mol. The van der Waals surface area contributed by atoms with Crippen molar-refractivity contribution >= 4 is 38.3 Å². The maximum atomic E-state index is 12.6. The highest BCUT2D eigenvalue weighted by Gasteiger charge is 2.26. The molecule has 0 aliphatic carbocycles. The van der Waals surface area contributed by atoms with Gasteiger partial charge in [-0.2, -0.15) is 0 Å². The number of anilines is 1. The summed E-state index contributed by atoms with van der Waals surface area (Å²) < 4.78 is 30.5. The number of benzene rings is 2. The zero-order chi connectivity index (χ0) is 22.2. The summed E-state index contributed by atoms with van der Waals surface area (Å²) in [6, 6.07) is 13.7. The Morgan fingerprint density at radius 2 is 1.68 bits per heavy atom. The predicted octanol–water partition coefficient (Wildman–Crippen LogP) is 1.96. The number of primary amides is 1. The molecule has 162 valence electrons. The number of hydrogen-bond acceptors (Lipinski definition) is 6. The largest absolute Gasteiger partial charge is 0.451 e. The number of amides is 2. The van der Waals surface area contributed by atoms with Crippen molar-refractivity contribution < 1.29 is 22.4 Å². The molecule has 3 aromatic rings. The van der Waals surface area contributed by atoms with Crippen LogP contribution in [0.1, 0.15) is 16.1 Å². The average molecular weight is 442 g/mol. The molecule has 0 bridgehead atoms. The second-order valence-corrected chi connectivity index (χ2v) is 9.63. The van der Waals surface area contributed by atoms with Crippen LogP contribution < -0.4 is 10.6 Å². The Balaban J connectivity index is 1.40. The summed E-state index contributed by atoms with van der Waals surface area (Å²) in [5.74, 6) is -1.44. The molecule has 0 saturated carbocycles. The Bertz CT molecular complexity index is 1240. The van der Waals surface area contributed by atoms with Gasteiger partial charge in [-0.15, -0.1) is 0 Å². The van der Waals surface area contributed by atoms with Crippen LogP contribution in [0.2, 0.25) is 0 Å². The molecule has 2 amide bonds. The fourth-order valence-electron chi connectivity index (χ4n) is 3.65. The molecular formula is C22H23N3O5S. The van der Waals surface area contributed by atoms with E-state index >= 15 is 0 Å². The molecule has 2 N–H and O–H groups in total. The number of aryl methyl sites for hydroxylation is 1. The highest BCUT2D eigenvalue weighted by Crippen LogP contribution is 2.26. The van der Waals surface area contributed by atoms with E-state index in [1.54, 1.807) is 29.2 Å². The SMILES string of the molecule is Cc1ccc(S(=O)(=O)CC(=O)N2CCN(c3ccc4oc(C(N)=O)cc4c3)CC2)cc1. The molecule has 8 nitrogen and oxygen atoms in total. The van der Waals surface area contributed by atoms with E-state index in [1.165, 1.54) is 12.1 Å². The molecule has 1 aromatic heterocycles. The highest BCUT2D eigenvalue weighted by atomic mass is 32.2. The fraction of sp³-hybridized carbons (Fsp3) is 0.273. The Hall–Kier alpha value is -3.33. The van der Waals surface area contributed by atoms with Gasteiger partial charge in [0.1, 0.15) is 11.3 Å². The Morgan fingerprint density at radius 1 is 1.00 bits per heavy atom. The van der Waals surface area contributed by atoms with Crippen molar-refractivity contribution in [2.75, 3.05) is 36.8 Å². The molecule has 0 radical (unpaired) electrons. The summed E-state index contributed by atoms with van der Waals surface area (Å²) in [6.45, 7) is 3.88. The van der Waals surface area contributed by atoms with Crippen molar-refractivity contribution in [3.63, 3.8) is 0 Å². The summed E-state index contributed by atoms with van der Waals surface area (Å²) in [5, 5.41) is 0.772. The van der Waals surface area contributed by atoms with Gasteiger partial charge in [-0.05, 0) is 43.3 Å². The first-order chi connectivity index (χ1) is 14.7. The molecular weight excluding hydrogens is 418 g/mol. The van der Waals surface area contributed by atoms with Crippen molar-refractivity contribution in [1.82, 2.24) is 4.90 Å². The van der Waals surface area contributed by atoms with Crippen LogP contribution in [0.4, 0.5) is 5.69 Å². The van der Waals surface area contributed by atoms with Crippen LogP contribution in [0.5, 0.6) is 0 Å². The zero-order valence-corrected chi connectivity index (χ0v) is 17.9. The molecule has 1 fully saturated rings. The Kier molecular flexibility index (Phi) is 5.45. The third-order valence-corrected chi connectivity index (χ3v) is 7.05. The van der Waals surface area contributed by atoms with E-state index in [4.69, 9.17) is 10.2 Å². The smallest absolute Gasteiger partial charge is 0.284 e. The van der Waals surface area contributed by atoms with E-state index in [1.807, 2.05) is 19.1 Å². The Morgan fingerprint density at radius 3 is 2.32 bits per heavy atom. The molecule has 31 heavy (non-hydrogen) atoms. The lowest BCUT2D eigenvalue weighted by molar-refractivity contribution is -0.128. The Labute approximate surface area is 180 Å². The van der Waals surface area contributed by atoms with Crippen LogP contribution in [-0.4, -0.2) is 57.1 Å². The number of rotatable bonds is 5. The van der Waals surface area contributed by atoms with E-state index in [0.717, 1.165) is 16.6 Å². The minimum atomic E-state index is -3.67. The lowest BCUT2D eigenvalue weighted by Crippen LogP contribution is -2.50. The van der Waals surface area contributed by atoms with Crippen molar-refractivity contribution in [1.29, 1.82) is 0 Å².